The van der Waals surface area contributed by atoms with Crippen molar-refractivity contribution in [2.24, 2.45) is 0 Å². The first kappa shape index (κ1) is 27.3. The molecule has 2 rings (SSSR count). The molecule has 0 spiro atoms. The fraction of sp³-hybridized carbons (Fsp3) is 0.423. The quantitative estimate of drug-likeness (QED) is 0.218. The number of carboxylic acid groups (broad SMARTS) is 1. The molecule has 0 fully saturated rings. The minimum Gasteiger partial charge on any atom is -0.474 e. The number of unbranched alkanes of at least 4 members (excludes halogenated alkanes) is 4. The predicted octanol–water partition coefficient (Wildman–Crippen LogP) is 4.38. The summed E-state index contributed by atoms with van der Waals surface area (Å²) in [6, 6.07) is 14.1. The monoisotopic (exact) mass is 489 g/mol. The molecular formula is C26H32ClNO6. The number of aliphatic hydroxyl groups excluding tert-OH is 1. The van der Waals surface area contributed by atoms with E-state index in [1.54, 1.807) is 6.07 Å². The van der Waals surface area contributed by atoms with Crippen LogP contribution in [0.15, 0.2) is 48.5 Å². The molecule has 0 aromatic heterocycles. The number of esters is 1. The van der Waals surface area contributed by atoms with Crippen LogP contribution in [-0.4, -0.2) is 46.8 Å². The Morgan fingerprint density at radius 3 is 2.35 bits per heavy atom. The fourth-order valence-electron chi connectivity index (χ4n) is 3.57. The van der Waals surface area contributed by atoms with E-state index < -0.39 is 30.0 Å². The number of ether oxygens (including phenoxy) is 1. The molecule has 2 aromatic carbocycles. The third-order valence-corrected chi connectivity index (χ3v) is 5.63. The maximum atomic E-state index is 12.2. The molecule has 0 aliphatic rings. The molecule has 0 saturated heterocycles. The van der Waals surface area contributed by atoms with Crippen LogP contribution in [0.2, 0.25) is 5.02 Å². The van der Waals surface area contributed by atoms with Gasteiger partial charge in [0.05, 0.1) is 6.61 Å². The van der Waals surface area contributed by atoms with Gasteiger partial charge < -0.3 is 20.3 Å². The summed E-state index contributed by atoms with van der Waals surface area (Å²) >= 11 is 6.05. The zero-order valence-corrected chi connectivity index (χ0v) is 20.1. The molecule has 2 atom stereocenters. The number of carbonyl (C=O) groups excluding carboxylic acids is 2. The van der Waals surface area contributed by atoms with Gasteiger partial charge in [-0.1, -0.05) is 80.6 Å². The van der Waals surface area contributed by atoms with Crippen LogP contribution in [0.3, 0.4) is 0 Å². The Balaban J connectivity index is 1.98. The second kappa shape index (κ2) is 14.4. The largest absolute Gasteiger partial charge is 0.474 e. The Kier molecular flexibility index (Phi) is 11.6. The van der Waals surface area contributed by atoms with E-state index in [1.807, 2.05) is 42.5 Å². The van der Waals surface area contributed by atoms with E-state index in [0.717, 1.165) is 48.8 Å². The third-order valence-electron chi connectivity index (χ3n) is 5.40. The van der Waals surface area contributed by atoms with Gasteiger partial charge >= 0.3 is 17.8 Å². The highest BCUT2D eigenvalue weighted by Gasteiger charge is 2.25. The van der Waals surface area contributed by atoms with Crippen molar-refractivity contribution in [3.63, 3.8) is 0 Å². The van der Waals surface area contributed by atoms with Gasteiger partial charge in [0.15, 0.2) is 6.10 Å². The summed E-state index contributed by atoms with van der Waals surface area (Å²) in [7, 11) is 0. The second-order valence-electron chi connectivity index (χ2n) is 8.22. The standard InChI is InChI=1S/C26H32ClNO6/c1-2-3-4-5-6-14-34-26(33)23(29)17-22(28-24(30)25(31)32)15-18-10-12-19(13-11-18)20-8-7-9-21(27)16-20/h7-13,16,22-23,29H,2-6,14-15,17H2,1H3,(H,28,30)(H,31,32)/t22-,23-/m1/s1. The molecule has 0 unspecified atom stereocenters. The number of aliphatic carboxylic acids is 1. The molecule has 3 N–H and O–H groups in total. The van der Waals surface area contributed by atoms with Gasteiger partial charge in [-0.3, -0.25) is 4.79 Å². The molecule has 0 bridgehead atoms. The van der Waals surface area contributed by atoms with Gasteiger partial charge in [-0.2, -0.15) is 0 Å². The van der Waals surface area contributed by atoms with Crippen molar-refractivity contribution in [3.8, 4) is 11.1 Å². The number of hydrogen-bond donors (Lipinski definition) is 3. The van der Waals surface area contributed by atoms with E-state index in [4.69, 9.17) is 21.4 Å². The minimum atomic E-state index is -1.63. The third kappa shape index (κ3) is 9.53. The summed E-state index contributed by atoms with van der Waals surface area (Å²) < 4.78 is 5.13. The summed E-state index contributed by atoms with van der Waals surface area (Å²) in [4.78, 5) is 34.9. The molecular weight excluding hydrogens is 458 g/mol. The van der Waals surface area contributed by atoms with Crippen molar-refractivity contribution in [2.45, 2.75) is 64.0 Å². The van der Waals surface area contributed by atoms with Gasteiger partial charge in [0.25, 0.3) is 0 Å². The lowest BCUT2D eigenvalue weighted by molar-refractivity contribution is -0.155. The van der Waals surface area contributed by atoms with E-state index >= 15 is 0 Å². The molecule has 0 saturated carbocycles. The zero-order valence-electron chi connectivity index (χ0n) is 19.3. The maximum absolute atomic E-state index is 12.2. The average molecular weight is 490 g/mol. The second-order valence-corrected chi connectivity index (χ2v) is 8.66. The molecule has 0 aliphatic carbocycles. The van der Waals surface area contributed by atoms with Crippen LogP contribution in [0.1, 0.15) is 51.0 Å². The Morgan fingerprint density at radius 2 is 1.71 bits per heavy atom. The van der Waals surface area contributed by atoms with Gasteiger partial charge in [-0.05, 0) is 41.7 Å². The first-order valence-electron chi connectivity index (χ1n) is 11.5. The highest BCUT2D eigenvalue weighted by Crippen LogP contribution is 2.23. The number of benzene rings is 2. The Morgan fingerprint density at radius 1 is 1.00 bits per heavy atom. The van der Waals surface area contributed by atoms with E-state index in [0.29, 0.717) is 5.02 Å². The number of amides is 1. The van der Waals surface area contributed by atoms with Crippen LogP contribution in [0.5, 0.6) is 0 Å². The van der Waals surface area contributed by atoms with Crippen molar-refractivity contribution >= 4 is 29.4 Å². The van der Waals surface area contributed by atoms with Crippen LogP contribution < -0.4 is 5.32 Å². The summed E-state index contributed by atoms with van der Waals surface area (Å²) in [5.41, 5.74) is 2.69. The highest BCUT2D eigenvalue weighted by atomic mass is 35.5. The van der Waals surface area contributed by atoms with Crippen LogP contribution in [-0.2, 0) is 25.5 Å². The zero-order chi connectivity index (χ0) is 24.9. The normalized spacial score (nSPS) is 12.6. The molecule has 7 nitrogen and oxygen atoms in total. The maximum Gasteiger partial charge on any atom is 0.394 e. The Labute approximate surface area is 205 Å². The minimum absolute atomic E-state index is 0.163. The molecule has 2 aromatic rings. The summed E-state index contributed by atoms with van der Waals surface area (Å²) in [6.07, 6.45) is 3.57. The summed E-state index contributed by atoms with van der Waals surface area (Å²) in [5, 5.41) is 22.2. The highest BCUT2D eigenvalue weighted by molar-refractivity contribution is 6.31. The van der Waals surface area contributed by atoms with Crippen LogP contribution in [0.25, 0.3) is 11.1 Å². The van der Waals surface area contributed by atoms with Crippen molar-refractivity contribution < 1.29 is 29.3 Å². The van der Waals surface area contributed by atoms with Gasteiger partial charge in [-0.25, -0.2) is 9.59 Å². The van der Waals surface area contributed by atoms with Crippen LogP contribution >= 0.6 is 11.6 Å². The van der Waals surface area contributed by atoms with E-state index in [2.05, 4.69) is 12.2 Å². The number of halogens is 1. The molecule has 0 aliphatic heterocycles. The first-order chi connectivity index (χ1) is 16.3. The van der Waals surface area contributed by atoms with E-state index in [9.17, 15) is 19.5 Å². The number of rotatable bonds is 13. The molecule has 0 radical (unpaired) electrons. The molecule has 0 heterocycles. The number of carbonyl (C=O) groups is 3. The van der Waals surface area contributed by atoms with Crippen molar-refractivity contribution in [2.75, 3.05) is 6.61 Å². The van der Waals surface area contributed by atoms with Crippen molar-refractivity contribution in [1.29, 1.82) is 0 Å². The number of nitrogens with one attached hydrogen (secondary N) is 1. The molecule has 184 valence electrons. The smallest absolute Gasteiger partial charge is 0.394 e. The van der Waals surface area contributed by atoms with Crippen LogP contribution in [0.4, 0.5) is 0 Å². The predicted molar refractivity (Wildman–Crippen MR) is 131 cm³/mol. The molecule has 1 amide bonds. The van der Waals surface area contributed by atoms with Gasteiger partial charge in [0.2, 0.25) is 0 Å². The van der Waals surface area contributed by atoms with Crippen LogP contribution in [0, 0.1) is 0 Å². The van der Waals surface area contributed by atoms with Gasteiger partial charge in [0.1, 0.15) is 0 Å². The molecule has 8 heteroatoms. The molecule has 34 heavy (non-hydrogen) atoms. The van der Waals surface area contributed by atoms with Crippen molar-refractivity contribution in [3.05, 3.63) is 59.1 Å². The average Bonchev–Trinajstić information content (AvgIpc) is 2.81. The number of hydrogen-bond acceptors (Lipinski definition) is 5. The van der Waals surface area contributed by atoms with Gasteiger partial charge in [0, 0.05) is 17.5 Å². The Bertz CT molecular complexity index is 947. The van der Waals surface area contributed by atoms with Crippen molar-refractivity contribution in [1.82, 2.24) is 5.32 Å². The number of carboxylic acids is 1. The Hall–Kier alpha value is -2.90. The van der Waals surface area contributed by atoms with Gasteiger partial charge in [-0.15, -0.1) is 0 Å². The fourth-order valence-corrected chi connectivity index (χ4v) is 3.76. The topological polar surface area (TPSA) is 113 Å². The lowest BCUT2D eigenvalue weighted by Gasteiger charge is -2.20. The summed E-state index contributed by atoms with van der Waals surface area (Å²) in [5.74, 6) is -3.61. The first-order valence-corrected chi connectivity index (χ1v) is 11.9. The SMILES string of the molecule is CCCCCCCOC(=O)[C@H](O)C[C@@H](Cc1ccc(-c2cccc(Cl)c2)cc1)NC(=O)C(=O)O. The lowest BCUT2D eigenvalue weighted by Crippen LogP contribution is -2.43. The van der Waals surface area contributed by atoms with E-state index in [-0.39, 0.29) is 19.4 Å². The summed E-state index contributed by atoms with van der Waals surface area (Å²) in [6.45, 7) is 2.33. The lowest BCUT2D eigenvalue weighted by atomic mass is 9.98. The van der Waals surface area contributed by atoms with E-state index in [1.165, 1.54) is 0 Å². The number of aliphatic hydroxyl groups is 1.